The highest BCUT2D eigenvalue weighted by atomic mass is 32.3. The zero-order valence-corrected chi connectivity index (χ0v) is 14.8. The summed E-state index contributed by atoms with van der Waals surface area (Å²) in [6, 6.07) is -2.68. The van der Waals surface area contributed by atoms with E-state index >= 15 is 0 Å². The third-order valence-electron chi connectivity index (χ3n) is 2.89. The summed E-state index contributed by atoms with van der Waals surface area (Å²) < 4.78 is 117. The van der Waals surface area contributed by atoms with Crippen LogP contribution in [0.5, 0.6) is 0 Å². The van der Waals surface area contributed by atoms with Crippen LogP contribution in [-0.2, 0) is 19.7 Å². The minimum absolute atomic E-state index is 0.0349. The number of alkyl halides is 6. The van der Waals surface area contributed by atoms with Gasteiger partial charge in [0.25, 0.3) is 19.7 Å². The van der Waals surface area contributed by atoms with Gasteiger partial charge in [-0.3, -0.25) is 0 Å². The average molecular weight is 434 g/mol. The number of amides is 2. The summed E-state index contributed by atoms with van der Waals surface area (Å²) in [4.78, 5) is 11.4. The third kappa shape index (κ3) is 6.03. The first-order valence-electron chi connectivity index (χ1n) is 6.74. The van der Waals surface area contributed by atoms with Crippen molar-refractivity contribution in [2.45, 2.75) is 41.4 Å². The molecule has 0 rings (SSSR count). The normalized spacial score (nSPS) is 14.8. The van der Waals surface area contributed by atoms with Crippen molar-refractivity contribution in [1.29, 1.82) is 0 Å². The Kier molecular flexibility index (Phi) is 7.96. The summed E-state index contributed by atoms with van der Waals surface area (Å²) in [6.07, 6.45) is 0.0550. The lowest BCUT2D eigenvalue weighted by atomic mass is 10.2. The number of urea groups is 1. The highest BCUT2D eigenvalue weighted by Crippen LogP contribution is 2.38. The van der Waals surface area contributed by atoms with E-state index in [0.717, 1.165) is 6.92 Å². The molecule has 7 nitrogen and oxygen atoms in total. The summed E-state index contributed by atoms with van der Waals surface area (Å²) in [5, 5.41) is 4.03. The van der Waals surface area contributed by atoms with E-state index in [9.17, 15) is 48.0 Å². The van der Waals surface area contributed by atoms with Crippen LogP contribution in [0.15, 0.2) is 12.7 Å². The lowest BCUT2D eigenvalue weighted by Crippen LogP contribution is -2.49. The van der Waals surface area contributed by atoms with E-state index in [1.807, 2.05) is 5.32 Å². The number of sulfone groups is 2. The molecule has 0 saturated carbocycles. The van der Waals surface area contributed by atoms with Crippen molar-refractivity contribution >= 4 is 25.7 Å². The maximum atomic E-state index is 12.6. The van der Waals surface area contributed by atoms with Gasteiger partial charge in [-0.05, 0) is 19.8 Å². The predicted octanol–water partition coefficient (Wildman–Crippen LogP) is 1.84. The molecule has 0 aromatic rings. The van der Waals surface area contributed by atoms with Gasteiger partial charge < -0.3 is 10.6 Å². The van der Waals surface area contributed by atoms with Gasteiger partial charge in [0.05, 0.1) is 0 Å². The molecule has 1 atom stereocenters. The van der Waals surface area contributed by atoms with E-state index in [0.29, 0.717) is 6.42 Å². The van der Waals surface area contributed by atoms with E-state index in [4.69, 9.17) is 0 Å². The van der Waals surface area contributed by atoms with Gasteiger partial charge in [-0.15, -0.1) is 6.58 Å². The molecule has 15 heteroatoms. The molecular formula is C11H16F6N2O5S2. The zero-order valence-electron chi connectivity index (χ0n) is 13.2. The molecular weight excluding hydrogens is 418 g/mol. The van der Waals surface area contributed by atoms with Gasteiger partial charge in [0.1, 0.15) is 0 Å². The van der Waals surface area contributed by atoms with Crippen molar-refractivity contribution in [3.05, 3.63) is 12.7 Å². The van der Waals surface area contributed by atoms with Crippen LogP contribution in [0.2, 0.25) is 0 Å². The van der Waals surface area contributed by atoms with Crippen molar-refractivity contribution in [2.75, 3.05) is 6.54 Å². The molecule has 2 N–H and O–H groups in total. The second-order valence-corrected chi connectivity index (χ2v) is 9.57. The summed E-state index contributed by atoms with van der Waals surface area (Å²) in [7, 11) is -13.4. The number of rotatable bonds is 8. The van der Waals surface area contributed by atoms with Gasteiger partial charge in [0, 0.05) is 12.6 Å². The Bertz CT molecular complexity index is 670. The van der Waals surface area contributed by atoms with E-state index < -0.39 is 53.8 Å². The lowest BCUT2D eigenvalue weighted by Gasteiger charge is -2.24. The van der Waals surface area contributed by atoms with Crippen molar-refractivity contribution in [2.24, 2.45) is 0 Å². The fourth-order valence-corrected chi connectivity index (χ4v) is 5.30. The summed E-state index contributed by atoms with van der Waals surface area (Å²) in [6.45, 7) is 4.23. The molecule has 0 heterocycles. The maximum Gasteiger partial charge on any atom is 0.498 e. The van der Waals surface area contributed by atoms with Crippen LogP contribution in [0, 0.1) is 0 Å². The summed E-state index contributed by atoms with van der Waals surface area (Å²) >= 11 is 0. The second-order valence-electron chi connectivity index (χ2n) is 5.03. The van der Waals surface area contributed by atoms with Crippen LogP contribution < -0.4 is 10.6 Å². The van der Waals surface area contributed by atoms with Crippen LogP contribution in [0.4, 0.5) is 31.1 Å². The van der Waals surface area contributed by atoms with Gasteiger partial charge >= 0.3 is 17.0 Å². The minimum atomic E-state index is -6.72. The Balaban J connectivity index is 5.60. The molecule has 0 bridgehead atoms. The number of nitrogens with one attached hydrogen (secondary N) is 2. The van der Waals surface area contributed by atoms with Crippen molar-refractivity contribution in [3.63, 3.8) is 0 Å². The Labute approximate surface area is 145 Å². The highest BCUT2D eigenvalue weighted by Gasteiger charge is 2.62. The Morgan fingerprint density at radius 3 is 1.81 bits per heavy atom. The predicted molar refractivity (Wildman–Crippen MR) is 79.2 cm³/mol. The van der Waals surface area contributed by atoms with Crippen LogP contribution >= 0.6 is 0 Å². The lowest BCUT2D eigenvalue weighted by molar-refractivity contribution is -0.0473. The van der Waals surface area contributed by atoms with Crippen LogP contribution in [0.25, 0.3) is 0 Å². The van der Waals surface area contributed by atoms with Gasteiger partial charge in [-0.2, -0.15) is 26.3 Å². The Morgan fingerprint density at radius 2 is 1.46 bits per heavy atom. The maximum absolute atomic E-state index is 12.6. The van der Waals surface area contributed by atoms with Gasteiger partial charge in [-0.1, -0.05) is 6.08 Å². The molecule has 0 aliphatic rings. The van der Waals surface area contributed by atoms with Gasteiger partial charge in [0.2, 0.25) is 0 Å². The Morgan fingerprint density at radius 1 is 1.04 bits per heavy atom. The number of hydrogen-bond acceptors (Lipinski definition) is 5. The van der Waals surface area contributed by atoms with E-state index in [1.165, 1.54) is 6.08 Å². The standard InChI is InChI=1S/C11H16F6N2O5S2/c1-3-4-5-18-9(20)19-7(2)6-8(25(21,22)10(12,13)14)26(23,24)11(15,16)17/h3,7-8H,1,4-6H2,2H3,(H2,18,19,20). The van der Waals surface area contributed by atoms with E-state index in [-0.39, 0.29) is 6.54 Å². The highest BCUT2D eigenvalue weighted by molar-refractivity contribution is 8.09. The van der Waals surface area contributed by atoms with Crippen LogP contribution in [-0.4, -0.2) is 51.1 Å². The minimum Gasteiger partial charge on any atom is -0.338 e. The first-order valence-corrected chi connectivity index (χ1v) is 9.83. The fraction of sp³-hybridized carbons (Fsp3) is 0.727. The van der Waals surface area contributed by atoms with Crippen molar-refractivity contribution in [3.8, 4) is 0 Å². The molecule has 2 amide bonds. The third-order valence-corrected chi connectivity index (χ3v) is 7.47. The number of halogens is 6. The van der Waals surface area contributed by atoms with Gasteiger partial charge in [-0.25, -0.2) is 21.6 Å². The smallest absolute Gasteiger partial charge is 0.338 e. The molecule has 154 valence electrons. The molecule has 1 unspecified atom stereocenters. The molecule has 0 aliphatic carbocycles. The Hall–Kier alpha value is -1.51. The molecule has 0 radical (unpaired) electrons. The SMILES string of the molecule is C=CCCNC(=O)NC(C)CC(S(=O)(=O)C(F)(F)F)S(=O)(=O)C(F)(F)F. The van der Waals surface area contributed by atoms with Crippen LogP contribution in [0.3, 0.4) is 0 Å². The van der Waals surface area contributed by atoms with E-state index in [2.05, 4.69) is 11.9 Å². The quantitative estimate of drug-likeness (QED) is 0.344. The monoisotopic (exact) mass is 434 g/mol. The molecule has 0 fully saturated rings. The molecule has 0 saturated heterocycles. The molecule has 0 aromatic carbocycles. The molecule has 0 aromatic heterocycles. The summed E-state index contributed by atoms with van der Waals surface area (Å²) in [5.41, 5.74) is -12.5. The fourth-order valence-electron chi connectivity index (χ4n) is 1.63. The van der Waals surface area contributed by atoms with Crippen LogP contribution in [0.1, 0.15) is 19.8 Å². The topological polar surface area (TPSA) is 109 Å². The summed E-state index contributed by atoms with van der Waals surface area (Å²) in [5.74, 6) is 0. The van der Waals surface area contributed by atoms with Gasteiger partial charge in [0.15, 0.2) is 4.58 Å². The first-order chi connectivity index (χ1) is 11.5. The molecule has 26 heavy (non-hydrogen) atoms. The average Bonchev–Trinajstić information content (AvgIpc) is 2.42. The zero-order chi connectivity index (χ0) is 21.0. The van der Waals surface area contributed by atoms with E-state index in [1.54, 1.807) is 0 Å². The number of carbonyl (C=O) groups excluding carboxylic acids is 1. The second kappa shape index (κ2) is 8.45. The van der Waals surface area contributed by atoms with Crippen molar-refractivity contribution in [1.82, 2.24) is 10.6 Å². The molecule has 0 spiro atoms. The largest absolute Gasteiger partial charge is 0.498 e. The first kappa shape index (κ1) is 24.5. The van der Waals surface area contributed by atoms with Crippen molar-refractivity contribution < 1.29 is 48.0 Å². The number of carbonyl (C=O) groups is 1. The number of hydrogen-bond donors (Lipinski definition) is 2. The molecule has 0 aliphatic heterocycles.